The second-order valence-electron chi connectivity index (χ2n) is 5.22. The Labute approximate surface area is 141 Å². The Bertz CT molecular complexity index is 741. The lowest BCUT2D eigenvalue weighted by molar-refractivity contribution is 0.984. The molecule has 0 fully saturated rings. The Morgan fingerprint density at radius 1 is 0.625 bits per heavy atom. The minimum Gasteiger partial charge on any atom is -0.286 e. The Hall–Kier alpha value is -3.14. The second-order valence-corrected chi connectivity index (χ2v) is 5.22. The molecule has 4 nitrogen and oxygen atoms in total. The van der Waals surface area contributed by atoms with Crippen LogP contribution >= 0.6 is 0 Å². The molecule has 4 heteroatoms. The fourth-order valence-electron chi connectivity index (χ4n) is 2.25. The van der Waals surface area contributed by atoms with E-state index in [1.165, 1.54) is 11.1 Å². The van der Waals surface area contributed by atoms with Gasteiger partial charge >= 0.3 is 0 Å². The Morgan fingerprint density at radius 2 is 1.08 bits per heavy atom. The Balaban J connectivity index is 1.65. The summed E-state index contributed by atoms with van der Waals surface area (Å²) in [5.41, 5.74) is 4.07. The largest absolute Gasteiger partial charge is 0.286 e. The number of rotatable bonds is 6. The summed E-state index contributed by atoms with van der Waals surface area (Å²) in [5.74, 6) is 0. The van der Waals surface area contributed by atoms with Gasteiger partial charge in [0.05, 0.1) is 24.5 Å². The van der Waals surface area contributed by atoms with Crippen LogP contribution in [0, 0.1) is 0 Å². The van der Waals surface area contributed by atoms with E-state index in [0.29, 0.717) is 13.1 Å². The van der Waals surface area contributed by atoms with Crippen LogP contribution in [0.15, 0.2) is 83.0 Å². The van der Waals surface area contributed by atoms with E-state index in [4.69, 9.17) is 0 Å². The maximum atomic E-state index is 4.49. The van der Waals surface area contributed by atoms with Crippen molar-refractivity contribution in [1.82, 2.24) is 9.97 Å². The molecule has 0 saturated heterocycles. The number of pyridine rings is 2. The molecule has 0 spiro atoms. The summed E-state index contributed by atoms with van der Waals surface area (Å²) in [4.78, 5) is 17.4. The van der Waals surface area contributed by atoms with Crippen molar-refractivity contribution < 1.29 is 0 Å². The molecule has 0 amide bonds. The van der Waals surface area contributed by atoms with Crippen LogP contribution in [0.3, 0.4) is 0 Å². The van der Waals surface area contributed by atoms with Crippen LogP contribution in [0.1, 0.15) is 22.5 Å². The van der Waals surface area contributed by atoms with Gasteiger partial charge in [0.15, 0.2) is 0 Å². The van der Waals surface area contributed by atoms with Crippen LogP contribution in [0.2, 0.25) is 0 Å². The topological polar surface area (TPSA) is 50.5 Å². The lowest BCUT2D eigenvalue weighted by atomic mass is 10.1. The van der Waals surface area contributed by atoms with E-state index in [2.05, 4.69) is 32.1 Å². The molecule has 0 radical (unpaired) electrons. The van der Waals surface area contributed by atoms with E-state index in [0.717, 1.165) is 11.4 Å². The molecule has 2 heterocycles. The molecule has 3 aromatic rings. The van der Waals surface area contributed by atoms with Gasteiger partial charge in [-0.2, -0.15) is 0 Å². The molecule has 0 bridgehead atoms. The number of aliphatic imine (C=N–C) groups is 2. The van der Waals surface area contributed by atoms with Gasteiger partial charge < -0.3 is 0 Å². The molecule has 118 valence electrons. The Kier molecular flexibility index (Phi) is 5.56. The van der Waals surface area contributed by atoms with Crippen molar-refractivity contribution in [2.75, 3.05) is 0 Å². The third kappa shape index (κ3) is 4.68. The quantitative estimate of drug-likeness (QED) is 0.651. The minimum absolute atomic E-state index is 0.617. The normalized spacial score (nSPS) is 11.3. The lowest BCUT2D eigenvalue weighted by Gasteiger charge is -2.04. The van der Waals surface area contributed by atoms with Crippen LogP contribution in [0.25, 0.3) is 0 Å². The van der Waals surface area contributed by atoms with Crippen molar-refractivity contribution in [3.8, 4) is 0 Å². The van der Waals surface area contributed by atoms with Crippen molar-refractivity contribution >= 4 is 12.4 Å². The zero-order valence-electron chi connectivity index (χ0n) is 13.3. The summed E-state index contributed by atoms with van der Waals surface area (Å²) >= 11 is 0. The van der Waals surface area contributed by atoms with Crippen LogP contribution in [0.5, 0.6) is 0 Å². The molecule has 0 atom stereocenters. The van der Waals surface area contributed by atoms with Gasteiger partial charge in [-0.25, -0.2) is 0 Å². The van der Waals surface area contributed by atoms with Gasteiger partial charge in [0.25, 0.3) is 0 Å². The molecule has 2 aromatic heterocycles. The van der Waals surface area contributed by atoms with Gasteiger partial charge in [-0.3, -0.25) is 20.0 Å². The highest BCUT2D eigenvalue weighted by atomic mass is 14.8. The van der Waals surface area contributed by atoms with Gasteiger partial charge in [-0.15, -0.1) is 0 Å². The fraction of sp³-hybridized carbons (Fsp3) is 0.100. The van der Waals surface area contributed by atoms with Gasteiger partial charge in [-0.1, -0.05) is 36.4 Å². The molecule has 0 unspecified atom stereocenters. The zero-order valence-corrected chi connectivity index (χ0v) is 13.3. The van der Waals surface area contributed by atoms with E-state index >= 15 is 0 Å². The van der Waals surface area contributed by atoms with E-state index < -0.39 is 0 Å². The molecular weight excluding hydrogens is 296 g/mol. The van der Waals surface area contributed by atoms with Crippen LogP contribution in [-0.2, 0) is 13.1 Å². The van der Waals surface area contributed by atoms with Crippen LogP contribution in [0.4, 0.5) is 0 Å². The van der Waals surface area contributed by atoms with E-state index in [-0.39, 0.29) is 0 Å². The average Bonchev–Trinajstić information content (AvgIpc) is 2.65. The van der Waals surface area contributed by atoms with E-state index in [1.54, 1.807) is 24.8 Å². The maximum absolute atomic E-state index is 4.49. The van der Waals surface area contributed by atoms with E-state index in [9.17, 15) is 0 Å². The van der Waals surface area contributed by atoms with Crippen molar-refractivity contribution in [2.45, 2.75) is 13.1 Å². The monoisotopic (exact) mass is 314 g/mol. The SMILES string of the molecule is C(=NCc1ccccc1CN=Cc1ccccn1)c1ccccn1. The van der Waals surface area contributed by atoms with Crippen LogP contribution < -0.4 is 0 Å². The molecule has 1 aromatic carbocycles. The highest BCUT2D eigenvalue weighted by Crippen LogP contribution is 2.11. The van der Waals surface area contributed by atoms with Crippen LogP contribution in [-0.4, -0.2) is 22.4 Å². The number of benzene rings is 1. The Morgan fingerprint density at radius 3 is 1.50 bits per heavy atom. The van der Waals surface area contributed by atoms with Crippen molar-refractivity contribution in [1.29, 1.82) is 0 Å². The van der Waals surface area contributed by atoms with Crippen molar-refractivity contribution in [3.05, 3.63) is 95.6 Å². The zero-order chi connectivity index (χ0) is 16.5. The number of hydrogen-bond acceptors (Lipinski definition) is 4. The number of nitrogens with zero attached hydrogens (tertiary/aromatic N) is 4. The third-order valence-corrected chi connectivity index (χ3v) is 3.46. The third-order valence-electron chi connectivity index (χ3n) is 3.46. The first-order chi connectivity index (χ1) is 11.9. The highest BCUT2D eigenvalue weighted by Gasteiger charge is 1.99. The molecule has 0 saturated carbocycles. The summed E-state index contributed by atoms with van der Waals surface area (Å²) in [6.45, 7) is 1.23. The molecule has 3 rings (SSSR count). The molecule has 0 aliphatic rings. The van der Waals surface area contributed by atoms with E-state index in [1.807, 2.05) is 48.5 Å². The molecule has 0 aliphatic carbocycles. The summed E-state index contributed by atoms with van der Waals surface area (Å²) < 4.78 is 0. The maximum Gasteiger partial charge on any atom is 0.0807 e. The minimum atomic E-state index is 0.617. The average molecular weight is 314 g/mol. The predicted molar refractivity (Wildman–Crippen MR) is 97.5 cm³/mol. The van der Waals surface area contributed by atoms with Gasteiger partial charge in [0.2, 0.25) is 0 Å². The smallest absolute Gasteiger partial charge is 0.0807 e. The number of aromatic nitrogens is 2. The fourth-order valence-corrected chi connectivity index (χ4v) is 2.25. The molecular formula is C20H18N4. The van der Waals surface area contributed by atoms with Crippen molar-refractivity contribution in [3.63, 3.8) is 0 Å². The second kappa shape index (κ2) is 8.48. The first-order valence-electron chi connectivity index (χ1n) is 7.80. The number of hydrogen-bond donors (Lipinski definition) is 0. The highest BCUT2D eigenvalue weighted by molar-refractivity contribution is 5.77. The summed E-state index contributed by atoms with van der Waals surface area (Å²) in [5, 5.41) is 0. The standard InChI is InChI=1S/C20H18N4/c1-2-8-18(14-22-16-20-10-4-6-12-24-20)17(7-1)13-21-15-19-9-3-5-11-23-19/h1-12,15-16H,13-14H2. The summed E-state index contributed by atoms with van der Waals surface area (Å²) in [6, 6.07) is 19.8. The lowest BCUT2D eigenvalue weighted by Crippen LogP contribution is -1.94. The van der Waals surface area contributed by atoms with Gasteiger partial charge in [-0.05, 0) is 35.4 Å². The first-order valence-corrected chi connectivity index (χ1v) is 7.80. The summed E-state index contributed by atoms with van der Waals surface area (Å²) in [6.07, 6.45) is 7.13. The molecule has 0 aliphatic heterocycles. The molecule has 0 N–H and O–H groups in total. The van der Waals surface area contributed by atoms with Gasteiger partial charge in [0, 0.05) is 24.8 Å². The van der Waals surface area contributed by atoms with Gasteiger partial charge in [0.1, 0.15) is 0 Å². The first kappa shape index (κ1) is 15.7. The predicted octanol–water partition coefficient (Wildman–Crippen LogP) is 3.71. The summed E-state index contributed by atoms with van der Waals surface area (Å²) in [7, 11) is 0. The van der Waals surface area contributed by atoms with Crippen molar-refractivity contribution in [2.24, 2.45) is 9.98 Å². The molecule has 24 heavy (non-hydrogen) atoms.